The van der Waals surface area contributed by atoms with Crippen molar-refractivity contribution in [3.8, 4) is 0 Å². The molecule has 6 nitrogen and oxygen atoms in total. The Hall–Kier alpha value is -3.93. The molecular formula is C24H23N3O3. The molecule has 0 radical (unpaired) electrons. The predicted octanol–water partition coefficient (Wildman–Crippen LogP) is 4.14. The average molecular weight is 401 g/mol. The maximum atomic E-state index is 13.0. The Morgan fingerprint density at radius 2 is 1.27 bits per heavy atom. The van der Waals surface area contributed by atoms with Crippen LogP contribution in [-0.4, -0.2) is 17.7 Å². The van der Waals surface area contributed by atoms with E-state index in [9.17, 15) is 14.4 Å². The molecule has 0 saturated carbocycles. The molecule has 0 bridgehead atoms. The number of hydrogen-bond donors (Lipinski definition) is 3. The molecule has 6 heteroatoms. The standard InChI is InChI=1S/C24H23N3O3/c1-2-21(28)25-19-13-15-20(16-14-19)26-24(30)22(17-9-5-3-6-10-17)27-23(29)18-11-7-4-8-12-18/h3-16,22H,2H2,1H3,(H,25,28)(H,26,30)(H,27,29). The number of hydrogen-bond acceptors (Lipinski definition) is 3. The highest BCUT2D eigenvalue weighted by molar-refractivity contribution is 6.01. The third-order valence-corrected chi connectivity index (χ3v) is 4.46. The summed E-state index contributed by atoms with van der Waals surface area (Å²) in [6, 6.07) is 23.8. The molecule has 30 heavy (non-hydrogen) atoms. The predicted molar refractivity (Wildman–Crippen MR) is 117 cm³/mol. The lowest BCUT2D eigenvalue weighted by Crippen LogP contribution is -2.37. The molecule has 0 saturated heterocycles. The van der Waals surface area contributed by atoms with E-state index in [1.807, 2.05) is 24.3 Å². The minimum absolute atomic E-state index is 0.0837. The van der Waals surface area contributed by atoms with Crippen molar-refractivity contribution < 1.29 is 14.4 Å². The first kappa shape index (κ1) is 20.8. The monoisotopic (exact) mass is 401 g/mol. The van der Waals surface area contributed by atoms with Crippen molar-refractivity contribution >= 4 is 29.1 Å². The molecule has 0 fully saturated rings. The lowest BCUT2D eigenvalue weighted by molar-refractivity contribution is -0.118. The summed E-state index contributed by atoms with van der Waals surface area (Å²) in [6.45, 7) is 1.78. The summed E-state index contributed by atoms with van der Waals surface area (Å²) >= 11 is 0. The van der Waals surface area contributed by atoms with E-state index >= 15 is 0 Å². The Bertz CT molecular complexity index is 1000. The first-order valence-electron chi connectivity index (χ1n) is 9.68. The van der Waals surface area contributed by atoms with Gasteiger partial charge in [-0.15, -0.1) is 0 Å². The van der Waals surface area contributed by atoms with Gasteiger partial charge in [0, 0.05) is 23.4 Å². The van der Waals surface area contributed by atoms with Crippen molar-refractivity contribution in [3.05, 3.63) is 96.1 Å². The van der Waals surface area contributed by atoms with Gasteiger partial charge in [0.15, 0.2) is 0 Å². The minimum atomic E-state index is -0.863. The van der Waals surface area contributed by atoms with E-state index in [4.69, 9.17) is 0 Å². The van der Waals surface area contributed by atoms with Crippen LogP contribution >= 0.6 is 0 Å². The fourth-order valence-electron chi connectivity index (χ4n) is 2.85. The Balaban J connectivity index is 1.75. The van der Waals surface area contributed by atoms with Gasteiger partial charge in [-0.3, -0.25) is 14.4 Å². The quantitative estimate of drug-likeness (QED) is 0.556. The van der Waals surface area contributed by atoms with E-state index in [2.05, 4.69) is 16.0 Å². The highest BCUT2D eigenvalue weighted by Crippen LogP contribution is 2.19. The minimum Gasteiger partial charge on any atom is -0.336 e. The van der Waals surface area contributed by atoms with E-state index in [0.29, 0.717) is 28.9 Å². The van der Waals surface area contributed by atoms with Crippen molar-refractivity contribution in [3.63, 3.8) is 0 Å². The third kappa shape index (κ3) is 5.54. The maximum absolute atomic E-state index is 13.0. The number of nitrogens with one attached hydrogen (secondary N) is 3. The summed E-state index contributed by atoms with van der Waals surface area (Å²) in [5, 5.41) is 8.39. The lowest BCUT2D eigenvalue weighted by atomic mass is 10.1. The molecular weight excluding hydrogens is 378 g/mol. The first-order chi connectivity index (χ1) is 14.6. The van der Waals surface area contributed by atoms with E-state index in [-0.39, 0.29) is 17.7 Å². The van der Waals surface area contributed by atoms with Gasteiger partial charge in [0.25, 0.3) is 11.8 Å². The van der Waals surface area contributed by atoms with Crippen LogP contribution in [0.3, 0.4) is 0 Å². The van der Waals surface area contributed by atoms with E-state index in [0.717, 1.165) is 0 Å². The van der Waals surface area contributed by atoms with Crippen molar-refractivity contribution in [2.75, 3.05) is 10.6 Å². The lowest BCUT2D eigenvalue weighted by Gasteiger charge is -2.19. The number of carbonyl (C=O) groups excluding carboxylic acids is 3. The van der Waals surface area contributed by atoms with Gasteiger partial charge in [0.1, 0.15) is 6.04 Å². The number of carbonyl (C=O) groups is 3. The van der Waals surface area contributed by atoms with Crippen LogP contribution in [-0.2, 0) is 9.59 Å². The van der Waals surface area contributed by atoms with Gasteiger partial charge >= 0.3 is 0 Å². The Labute approximate surface area is 175 Å². The van der Waals surface area contributed by atoms with Gasteiger partial charge in [0.2, 0.25) is 5.91 Å². The number of anilines is 2. The van der Waals surface area contributed by atoms with Crippen LogP contribution in [0.5, 0.6) is 0 Å². The SMILES string of the molecule is CCC(=O)Nc1ccc(NC(=O)C(NC(=O)c2ccccc2)c2ccccc2)cc1. The molecule has 0 aliphatic rings. The molecule has 1 atom stereocenters. The molecule has 0 spiro atoms. The molecule has 152 valence electrons. The fourth-order valence-corrected chi connectivity index (χ4v) is 2.85. The van der Waals surface area contributed by atoms with Crippen molar-refractivity contribution in [2.24, 2.45) is 0 Å². The van der Waals surface area contributed by atoms with Gasteiger partial charge < -0.3 is 16.0 Å². The Morgan fingerprint density at radius 3 is 1.83 bits per heavy atom. The summed E-state index contributed by atoms with van der Waals surface area (Å²) in [4.78, 5) is 37.1. The van der Waals surface area contributed by atoms with Crippen LogP contribution in [0.15, 0.2) is 84.9 Å². The molecule has 0 aliphatic heterocycles. The molecule has 3 amide bonds. The van der Waals surface area contributed by atoms with Gasteiger partial charge in [-0.2, -0.15) is 0 Å². The van der Waals surface area contributed by atoms with E-state index in [1.165, 1.54) is 0 Å². The van der Waals surface area contributed by atoms with E-state index in [1.54, 1.807) is 67.6 Å². The molecule has 3 aromatic rings. The van der Waals surface area contributed by atoms with Gasteiger partial charge in [-0.1, -0.05) is 55.5 Å². The zero-order valence-electron chi connectivity index (χ0n) is 16.6. The number of amides is 3. The second-order valence-electron chi connectivity index (χ2n) is 6.65. The van der Waals surface area contributed by atoms with Gasteiger partial charge in [-0.25, -0.2) is 0 Å². The van der Waals surface area contributed by atoms with Crippen LogP contribution in [0.1, 0.15) is 35.3 Å². The summed E-state index contributed by atoms with van der Waals surface area (Å²) < 4.78 is 0. The first-order valence-corrected chi connectivity index (χ1v) is 9.68. The fraction of sp³-hybridized carbons (Fsp3) is 0.125. The topological polar surface area (TPSA) is 87.3 Å². The molecule has 3 rings (SSSR count). The molecule has 3 aromatic carbocycles. The number of benzene rings is 3. The van der Waals surface area contributed by atoms with Crippen molar-refractivity contribution in [2.45, 2.75) is 19.4 Å². The zero-order valence-corrected chi connectivity index (χ0v) is 16.6. The maximum Gasteiger partial charge on any atom is 0.252 e. The van der Waals surface area contributed by atoms with Crippen LogP contribution in [0.2, 0.25) is 0 Å². The molecule has 0 heterocycles. The average Bonchev–Trinajstić information content (AvgIpc) is 2.79. The van der Waals surface area contributed by atoms with Crippen LogP contribution in [0, 0.1) is 0 Å². The highest BCUT2D eigenvalue weighted by Gasteiger charge is 2.23. The second kappa shape index (κ2) is 10.0. The summed E-state index contributed by atoms with van der Waals surface area (Å²) in [5.74, 6) is -0.785. The van der Waals surface area contributed by atoms with Crippen LogP contribution < -0.4 is 16.0 Å². The smallest absolute Gasteiger partial charge is 0.252 e. The van der Waals surface area contributed by atoms with Crippen molar-refractivity contribution in [1.29, 1.82) is 0 Å². The third-order valence-electron chi connectivity index (χ3n) is 4.46. The summed E-state index contributed by atoms with van der Waals surface area (Å²) in [5.41, 5.74) is 2.36. The molecule has 0 aliphatic carbocycles. The number of rotatable bonds is 7. The van der Waals surface area contributed by atoms with Crippen molar-refractivity contribution in [1.82, 2.24) is 5.32 Å². The van der Waals surface area contributed by atoms with Gasteiger partial charge in [0.05, 0.1) is 0 Å². The largest absolute Gasteiger partial charge is 0.336 e. The van der Waals surface area contributed by atoms with Crippen LogP contribution in [0.4, 0.5) is 11.4 Å². The Morgan fingerprint density at radius 1 is 0.733 bits per heavy atom. The zero-order chi connectivity index (χ0) is 21.3. The van der Waals surface area contributed by atoms with Crippen LogP contribution in [0.25, 0.3) is 0 Å². The molecule has 0 aromatic heterocycles. The highest BCUT2D eigenvalue weighted by atomic mass is 16.2. The summed E-state index contributed by atoms with van der Waals surface area (Å²) in [7, 11) is 0. The van der Waals surface area contributed by atoms with E-state index < -0.39 is 6.04 Å². The molecule has 3 N–H and O–H groups in total. The second-order valence-corrected chi connectivity index (χ2v) is 6.65. The Kier molecular flexibility index (Phi) is 6.95. The van der Waals surface area contributed by atoms with Gasteiger partial charge in [-0.05, 0) is 42.0 Å². The summed E-state index contributed by atoms with van der Waals surface area (Å²) in [6.07, 6.45) is 0.387. The molecule has 1 unspecified atom stereocenters. The normalized spacial score (nSPS) is 11.2.